The minimum absolute atomic E-state index is 0.0291. The number of phenolic OH excluding ortho intramolecular Hbond substituents is 1. The van der Waals surface area contributed by atoms with Crippen LogP contribution < -0.4 is 0 Å². The first kappa shape index (κ1) is 9.81. The zero-order chi connectivity index (χ0) is 10.6. The van der Waals surface area contributed by atoms with Gasteiger partial charge in [-0.25, -0.2) is 4.79 Å². The van der Waals surface area contributed by atoms with Crippen LogP contribution in [0, 0.1) is 11.3 Å². The van der Waals surface area contributed by atoms with Gasteiger partial charge in [0.25, 0.3) is 0 Å². The second-order valence-corrected chi connectivity index (χ2v) is 2.57. The molecule has 0 unspecified atom stereocenters. The summed E-state index contributed by atoms with van der Waals surface area (Å²) in [6.45, 7) is 0. The summed E-state index contributed by atoms with van der Waals surface area (Å²) in [6.07, 6.45) is 1.20. The largest absolute Gasteiger partial charge is 0.508 e. The molecular formula is C10H7NO3. The van der Waals surface area contributed by atoms with Crippen molar-refractivity contribution in [3.05, 3.63) is 35.4 Å². The topological polar surface area (TPSA) is 81.3 Å². The highest BCUT2D eigenvalue weighted by molar-refractivity contribution is 5.96. The molecule has 0 amide bonds. The van der Waals surface area contributed by atoms with Gasteiger partial charge < -0.3 is 10.2 Å². The molecular weight excluding hydrogens is 182 g/mol. The number of aromatic hydroxyl groups is 1. The predicted octanol–water partition coefficient (Wildman–Crippen LogP) is 1.38. The number of carboxylic acid groups (broad SMARTS) is 1. The number of benzene rings is 1. The smallest absolute Gasteiger partial charge is 0.346 e. The Kier molecular flexibility index (Phi) is 2.87. The van der Waals surface area contributed by atoms with Crippen molar-refractivity contribution in [2.75, 3.05) is 0 Å². The predicted molar refractivity (Wildman–Crippen MR) is 49.3 cm³/mol. The fourth-order valence-electron chi connectivity index (χ4n) is 0.923. The first-order valence-electron chi connectivity index (χ1n) is 3.77. The maximum Gasteiger partial charge on any atom is 0.346 e. The monoisotopic (exact) mass is 189 g/mol. The van der Waals surface area contributed by atoms with Crippen LogP contribution in [-0.2, 0) is 4.79 Å². The van der Waals surface area contributed by atoms with Crippen LogP contribution in [0.5, 0.6) is 5.75 Å². The minimum Gasteiger partial charge on any atom is -0.508 e. The standard InChI is InChI=1S/C10H7NO3/c11-6-8(10(13)14)4-7-2-1-3-9(12)5-7/h1-5,12H,(H,13,14)/b8-4+. The molecule has 0 heterocycles. The van der Waals surface area contributed by atoms with Crippen molar-refractivity contribution >= 4 is 12.0 Å². The van der Waals surface area contributed by atoms with Crippen LogP contribution in [0.3, 0.4) is 0 Å². The van der Waals surface area contributed by atoms with Crippen LogP contribution in [0.4, 0.5) is 0 Å². The minimum atomic E-state index is -1.28. The lowest BCUT2D eigenvalue weighted by Crippen LogP contribution is -1.97. The Morgan fingerprint density at radius 2 is 2.21 bits per heavy atom. The van der Waals surface area contributed by atoms with Gasteiger partial charge in [0.2, 0.25) is 0 Å². The molecule has 0 aliphatic carbocycles. The van der Waals surface area contributed by atoms with Crippen LogP contribution >= 0.6 is 0 Å². The molecule has 0 saturated carbocycles. The van der Waals surface area contributed by atoms with E-state index in [1.807, 2.05) is 0 Å². The molecule has 1 rings (SSSR count). The average Bonchev–Trinajstić information content (AvgIpc) is 2.14. The summed E-state index contributed by atoms with van der Waals surface area (Å²) in [5.41, 5.74) is 0.111. The Bertz CT molecular complexity index is 429. The zero-order valence-corrected chi connectivity index (χ0v) is 7.14. The SMILES string of the molecule is N#C/C(=C\c1cccc(O)c1)C(=O)O. The summed E-state index contributed by atoms with van der Waals surface area (Å²) in [5.74, 6) is -1.25. The number of carbonyl (C=O) groups is 1. The van der Waals surface area contributed by atoms with E-state index in [9.17, 15) is 4.79 Å². The number of hydrogen-bond acceptors (Lipinski definition) is 3. The number of nitriles is 1. The van der Waals surface area contributed by atoms with E-state index in [4.69, 9.17) is 15.5 Å². The molecule has 0 radical (unpaired) electrons. The van der Waals surface area contributed by atoms with Crippen molar-refractivity contribution in [2.24, 2.45) is 0 Å². The van der Waals surface area contributed by atoms with Crippen LogP contribution in [0.2, 0.25) is 0 Å². The Morgan fingerprint density at radius 3 is 2.71 bits per heavy atom. The Morgan fingerprint density at radius 1 is 1.50 bits per heavy atom. The highest BCUT2D eigenvalue weighted by Crippen LogP contribution is 2.13. The van der Waals surface area contributed by atoms with E-state index in [0.29, 0.717) is 5.56 Å². The highest BCUT2D eigenvalue weighted by Gasteiger charge is 2.05. The second kappa shape index (κ2) is 4.10. The number of nitrogens with zero attached hydrogens (tertiary/aromatic N) is 1. The van der Waals surface area contributed by atoms with Gasteiger partial charge in [-0.2, -0.15) is 5.26 Å². The first-order chi connectivity index (χ1) is 6.63. The fraction of sp³-hybridized carbons (Fsp3) is 0. The van der Waals surface area contributed by atoms with E-state index in [0.717, 1.165) is 0 Å². The molecule has 14 heavy (non-hydrogen) atoms. The lowest BCUT2D eigenvalue weighted by molar-refractivity contribution is -0.132. The lowest BCUT2D eigenvalue weighted by Gasteiger charge is -1.95. The zero-order valence-electron chi connectivity index (χ0n) is 7.14. The summed E-state index contributed by atoms with van der Waals surface area (Å²) < 4.78 is 0. The van der Waals surface area contributed by atoms with Gasteiger partial charge >= 0.3 is 5.97 Å². The summed E-state index contributed by atoms with van der Waals surface area (Å²) in [5, 5.41) is 26.1. The molecule has 4 nitrogen and oxygen atoms in total. The molecule has 1 aromatic rings. The van der Waals surface area contributed by atoms with Crippen molar-refractivity contribution in [1.82, 2.24) is 0 Å². The van der Waals surface area contributed by atoms with Gasteiger partial charge in [-0.3, -0.25) is 0 Å². The molecule has 0 spiro atoms. The summed E-state index contributed by atoms with van der Waals surface area (Å²) in [4.78, 5) is 10.5. The maximum atomic E-state index is 10.5. The number of rotatable bonds is 2. The molecule has 2 N–H and O–H groups in total. The van der Waals surface area contributed by atoms with Gasteiger partial charge in [0.05, 0.1) is 0 Å². The third-order valence-electron chi connectivity index (χ3n) is 1.53. The first-order valence-corrected chi connectivity index (χ1v) is 3.77. The van der Waals surface area contributed by atoms with Crippen LogP contribution in [0.1, 0.15) is 5.56 Å². The van der Waals surface area contributed by atoms with E-state index in [-0.39, 0.29) is 11.3 Å². The normalized spacial score (nSPS) is 10.6. The van der Waals surface area contributed by atoms with Gasteiger partial charge in [-0.15, -0.1) is 0 Å². The molecule has 0 saturated heterocycles. The van der Waals surface area contributed by atoms with Gasteiger partial charge in [0.15, 0.2) is 0 Å². The van der Waals surface area contributed by atoms with E-state index in [1.165, 1.54) is 18.2 Å². The van der Waals surface area contributed by atoms with E-state index in [2.05, 4.69) is 0 Å². The van der Waals surface area contributed by atoms with Gasteiger partial charge in [0, 0.05) is 0 Å². The van der Waals surface area contributed by atoms with E-state index >= 15 is 0 Å². The molecule has 0 aliphatic rings. The average molecular weight is 189 g/mol. The Hall–Kier alpha value is -2.28. The molecule has 4 heteroatoms. The third kappa shape index (κ3) is 2.35. The highest BCUT2D eigenvalue weighted by atomic mass is 16.4. The number of phenols is 1. The molecule has 70 valence electrons. The van der Waals surface area contributed by atoms with Gasteiger partial charge in [0.1, 0.15) is 17.4 Å². The van der Waals surface area contributed by atoms with Crippen LogP contribution in [0.15, 0.2) is 29.8 Å². The quantitative estimate of drug-likeness (QED) is 0.544. The lowest BCUT2D eigenvalue weighted by atomic mass is 10.1. The fourth-order valence-corrected chi connectivity index (χ4v) is 0.923. The van der Waals surface area contributed by atoms with Crippen molar-refractivity contribution in [1.29, 1.82) is 5.26 Å². The van der Waals surface area contributed by atoms with Gasteiger partial charge in [-0.05, 0) is 23.8 Å². The van der Waals surface area contributed by atoms with E-state index in [1.54, 1.807) is 18.2 Å². The van der Waals surface area contributed by atoms with Crippen molar-refractivity contribution in [3.63, 3.8) is 0 Å². The third-order valence-corrected chi connectivity index (χ3v) is 1.53. The summed E-state index contributed by atoms with van der Waals surface area (Å²) in [6, 6.07) is 7.55. The number of hydrogen-bond donors (Lipinski definition) is 2. The Labute approximate surface area is 80.3 Å². The molecule has 0 aliphatic heterocycles. The van der Waals surface area contributed by atoms with Crippen molar-refractivity contribution < 1.29 is 15.0 Å². The maximum absolute atomic E-state index is 10.5. The number of aliphatic carboxylic acids is 1. The molecule has 0 bridgehead atoms. The van der Waals surface area contributed by atoms with Gasteiger partial charge in [-0.1, -0.05) is 12.1 Å². The Balaban J connectivity index is 3.08. The van der Waals surface area contributed by atoms with Crippen molar-refractivity contribution in [2.45, 2.75) is 0 Å². The summed E-state index contributed by atoms with van der Waals surface area (Å²) in [7, 11) is 0. The van der Waals surface area contributed by atoms with Crippen LogP contribution in [0.25, 0.3) is 6.08 Å². The molecule has 0 aromatic heterocycles. The molecule has 0 fully saturated rings. The van der Waals surface area contributed by atoms with Crippen molar-refractivity contribution in [3.8, 4) is 11.8 Å². The molecule has 0 atom stereocenters. The number of carboxylic acids is 1. The second-order valence-electron chi connectivity index (χ2n) is 2.57. The van der Waals surface area contributed by atoms with Crippen LogP contribution in [-0.4, -0.2) is 16.2 Å². The summed E-state index contributed by atoms with van der Waals surface area (Å²) >= 11 is 0. The van der Waals surface area contributed by atoms with E-state index < -0.39 is 5.97 Å². The molecule has 1 aromatic carbocycles.